The number of hydrogen-bond donors (Lipinski definition) is 2. The molecule has 0 saturated heterocycles. The van der Waals surface area contributed by atoms with Crippen molar-refractivity contribution in [3.8, 4) is 0 Å². The largest absolute Gasteiger partial charge is 0.452 e. The fraction of sp³-hybridized carbons (Fsp3) is 0.118. The third kappa shape index (κ3) is 3.70. The summed E-state index contributed by atoms with van der Waals surface area (Å²) in [5.41, 5.74) is 7.48. The Hall–Kier alpha value is -3.35. The molecule has 7 heteroatoms. The molecule has 0 aliphatic carbocycles. The predicted molar refractivity (Wildman–Crippen MR) is 87.3 cm³/mol. The average Bonchev–Trinajstić information content (AvgIpc) is 3.01. The van der Waals surface area contributed by atoms with Crippen LogP contribution in [0.1, 0.15) is 16.2 Å². The molecule has 0 unspecified atom stereocenters. The lowest BCUT2D eigenvalue weighted by Crippen LogP contribution is -2.21. The van der Waals surface area contributed by atoms with Crippen LogP contribution in [0.4, 0.5) is 5.69 Å². The molecule has 1 amide bonds. The number of fused-ring (bicyclic) bond motifs is 1. The second kappa shape index (κ2) is 6.82. The van der Waals surface area contributed by atoms with E-state index >= 15 is 0 Å². The summed E-state index contributed by atoms with van der Waals surface area (Å²) in [6.45, 7) is -0.0172. The highest BCUT2D eigenvalue weighted by molar-refractivity contribution is 5.90. The topological polar surface area (TPSA) is 107 Å². The third-order valence-corrected chi connectivity index (χ3v) is 3.25. The summed E-state index contributed by atoms with van der Waals surface area (Å²) >= 11 is 0. The van der Waals surface area contributed by atoms with E-state index < -0.39 is 11.9 Å². The molecule has 2 aromatic carbocycles. The van der Waals surface area contributed by atoms with Crippen LogP contribution in [0.5, 0.6) is 0 Å². The van der Waals surface area contributed by atoms with Crippen molar-refractivity contribution in [2.45, 2.75) is 6.61 Å². The molecular formula is C17H15N3O4. The fourth-order valence-electron chi connectivity index (χ4n) is 2.11. The van der Waals surface area contributed by atoms with Gasteiger partial charge in [-0.05, 0) is 36.4 Å². The standard InChI is InChI=1S/C17H15N3O4/c18-15(21)9-19-12-7-5-11(6-8-12)17(22)23-10-16-20-13-3-1-2-4-14(13)24-16/h1-8,19H,9-10H2,(H2,18,21). The first-order valence-electron chi connectivity index (χ1n) is 7.25. The van der Waals surface area contributed by atoms with Crippen molar-refractivity contribution in [2.75, 3.05) is 11.9 Å². The van der Waals surface area contributed by atoms with Gasteiger partial charge in [-0.2, -0.15) is 0 Å². The van der Waals surface area contributed by atoms with Crippen LogP contribution in [-0.2, 0) is 16.1 Å². The highest BCUT2D eigenvalue weighted by Crippen LogP contribution is 2.16. The summed E-state index contributed by atoms with van der Waals surface area (Å²) in [5.74, 6) is -0.611. The monoisotopic (exact) mass is 325 g/mol. The number of nitrogens with zero attached hydrogens (tertiary/aromatic N) is 1. The van der Waals surface area contributed by atoms with Crippen LogP contribution < -0.4 is 11.1 Å². The normalized spacial score (nSPS) is 10.5. The van der Waals surface area contributed by atoms with Crippen molar-refractivity contribution in [3.63, 3.8) is 0 Å². The van der Waals surface area contributed by atoms with Crippen LogP contribution in [-0.4, -0.2) is 23.4 Å². The third-order valence-electron chi connectivity index (χ3n) is 3.25. The number of anilines is 1. The minimum atomic E-state index is -0.487. The molecule has 7 nitrogen and oxygen atoms in total. The Morgan fingerprint density at radius 2 is 1.88 bits per heavy atom. The summed E-state index contributed by atoms with van der Waals surface area (Å²) in [6, 6.07) is 13.8. The predicted octanol–water partition coefficient (Wildman–Crippen LogP) is 2.08. The van der Waals surface area contributed by atoms with E-state index in [2.05, 4.69) is 10.3 Å². The number of primary amides is 1. The van der Waals surface area contributed by atoms with Crippen LogP contribution in [0.3, 0.4) is 0 Å². The first-order chi connectivity index (χ1) is 11.6. The number of amides is 1. The van der Waals surface area contributed by atoms with Gasteiger partial charge in [-0.1, -0.05) is 12.1 Å². The van der Waals surface area contributed by atoms with Gasteiger partial charge >= 0.3 is 5.97 Å². The molecule has 3 aromatic rings. The molecule has 24 heavy (non-hydrogen) atoms. The summed E-state index contributed by atoms with van der Waals surface area (Å²) in [5, 5.41) is 2.83. The summed E-state index contributed by atoms with van der Waals surface area (Å²) in [4.78, 5) is 27.0. The number of ether oxygens (including phenoxy) is 1. The van der Waals surface area contributed by atoms with Crippen LogP contribution in [0.15, 0.2) is 52.9 Å². The number of esters is 1. The van der Waals surface area contributed by atoms with E-state index in [1.807, 2.05) is 18.2 Å². The van der Waals surface area contributed by atoms with Crippen LogP contribution in [0.25, 0.3) is 11.1 Å². The van der Waals surface area contributed by atoms with Crippen LogP contribution in [0, 0.1) is 0 Å². The van der Waals surface area contributed by atoms with Crippen LogP contribution in [0.2, 0.25) is 0 Å². The Morgan fingerprint density at radius 3 is 2.58 bits per heavy atom. The van der Waals surface area contributed by atoms with Gasteiger partial charge in [-0.15, -0.1) is 0 Å². The van der Waals surface area contributed by atoms with E-state index in [-0.39, 0.29) is 13.2 Å². The van der Waals surface area contributed by atoms with E-state index in [1.165, 1.54) is 0 Å². The maximum Gasteiger partial charge on any atom is 0.338 e. The minimum absolute atomic E-state index is 0.0293. The van der Waals surface area contributed by atoms with E-state index in [1.54, 1.807) is 30.3 Å². The lowest BCUT2D eigenvalue weighted by molar-refractivity contribution is -0.116. The van der Waals surface area contributed by atoms with Crippen molar-refractivity contribution in [3.05, 3.63) is 60.0 Å². The minimum Gasteiger partial charge on any atom is -0.452 e. The number of carbonyl (C=O) groups is 2. The highest BCUT2D eigenvalue weighted by atomic mass is 16.5. The smallest absolute Gasteiger partial charge is 0.338 e. The SMILES string of the molecule is NC(=O)CNc1ccc(C(=O)OCc2nc3ccccc3o2)cc1. The maximum absolute atomic E-state index is 12.0. The van der Waals surface area contributed by atoms with Crippen molar-refractivity contribution in [2.24, 2.45) is 5.73 Å². The number of carbonyl (C=O) groups excluding carboxylic acids is 2. The number of nitrogens with one attached hydrogen (secondary N) is 1. The van der Waals surface area contributed by atoms with Gasteiger partial charge in [0.25, 0.3) is 0 Å². The van der Waals surface area contributed by atoms with Gasteiger partial charge in [-0.3, -0.25) is 4.79 Å². The number of hydrogen-bond acceptors (Lipinski definition) is 6. The zero-order valence-corrected chi connectivity index (χ0v) is 12.7. The van der Waals surface area contributed by atoms with E-state index in [9.17, 15) is 9.59 Å². The van der Waals surface area contributed by atoms with Crippen molar-refractivity contribution in [1.29, 1.82) is 0 Å². The molecule has 122 valence electrons. The molecule has 3 rings (SSSR count). The number of aromatic nitrogens is 1. The van der Waals surface area contributed by atoms with Crippen LogP contribution >= 0.6 is 0 Å². The molecule has 0 atom stereocenters. The average molecular weight is 325 g/mol. The number of rotatable bonds is 6. The second-order valence-corrected chi connectivity index (χ2v) is 5.05. The van der Waals surface area contributed by atoms with Gasteiger partial charge in [0.1, 0.15) is 5.52 Å². The molecule has 3 N–H and O–H groups in total. The lowest BCUT2D eigenvalue weighted by atomic mass is 10.2. The summed E-state index contributed by atoms with van der Waals surface area (Å²) < 4.78 is 10.7. The first kappa shape index (κ1) is 15.5. The molecular weight excluding hydrogens is 310 g/mol. The molecule has 0 bridgehead atoms. The van der Waals surface area contributed by atoms with Gasteiger partial charge in [0.05, 0.1) is 12.1 Å². The van der Waals surface area contributed by atoms with E-state index in [4.69, 9.17) is 14.9 Å². The molecule has 1 heterocycles. The fourth-order valence-corrected chi connectivity index (χ4v) is 2.11. The molecule has 0 spiro atoms. The molecule has 0 saturated carbocycles. The molecule has 0 radical (unpaired) electrons. The Morgan fingerprint density at radius 1 is 1.12 bits per heavy atom. The van der Waals surface area contributed by atoms with Crippen molar-refractivity contribution >= 4 is 28.7 Å². The lowest BCUT2D eigenvalue weighted by Gasteiger charge is -2.05. The Kier molecular flexibility index (Phi) is 4.42. The molecule has 0 aliphatic heterocycles. The zero-order chi connectivity index (χ0) is 16.9. The summed E-state index contributed by atoms with van der Waals surface area (Å²) in [7, 11) is 0. The number of para-hydroxylation sites is 2. The zero-order valence-electron chi connectivity index (χ0n) is 12.7. The Balaban J connectivity index is 1.59. The number of nitrogens with two attached hydrogens (primary N) is 1. The van der Waals surface area contributed by atoms with Crippen molar-refractivity contribution < 1.29 is 18.7 Å². The van der Waals surface area contributed by atoms with Gasteiger partial charge in [0, 0.05) is 5.69 Å². The second-order valence-electron chi connectivity index (χ2n) is 5.05. The van der Waals surface area contributed by atoms with Gasteiger partial charge in [0.15, 0.2) is 12.2 Å². The Labute approximate surface area is 137 Å². The summed E-state index contributed by atoms with van der Waals surface area (Å²) in [6.07, 6.45) is 0. The maximum atomic E-state index is 12.0. The quantitative estimate of drug-likeness (QED) is 0.672. The number of oxazole rings is 1. The number of benzene rings is 2. The van der Waals surface area contributed by atoms with Gasteiger partial charge in [-0.25, -0.2) is 9.78 Å². The van der Waals surface area contributed by atoms with Crippen molar-refractivity contribution in [1.82, 2.24) is 4.98 Å². The highest BCUT2D eigenvalue weighted by Gasteiger charge is 2.11. The van der Waals surface area contributed by atoms with Gasteiger partial charge < -0.3 is 20.2 Å². The Bertz CT molecular complexity index is 838. The molecule has 1 aromatic heterocycles. The first-order valence-corrected chi connectivity index (χ1v) is 7.25. The van der Waals surface area contributed by atoms with E-state index in [0.717, 1.165) is 0 Å². The van der Waals surface area contributed by atoms with E-state index in [0.29, 0.717) is 28.2 Å². The molecule has 0 fully saturated rings. The molecule has 0 aliphatic rings. The van der Waals surface area contributed by atoms with Gasteiger partial charge in [0.2, 0.25) is 11.8 Å².